The van der Waals surface area contributed by atoms with E-state index in [4.69, 9.17) is 20.3 Å². The molecule has 0 radical (unpaired) electrons. The molecule has 0 saturated heterocycles. The molecule has 0 aliphatic carbocycles. The first-order valence-electron chi connectivity index (χ1n) is 7.25. The molecule has 0 saturated carbocycles. The van der Waals surface area contributed by atoms with Gasteiger partial charge in [0.2, 0.25) is 0 Å². The number of aliphatic hydroxyl groups is 1. The second kappa shape index (κ2) is 7.47. The van der Waals surface area contributed by atoms with E-state index in [1.807, 2.05) is 18.2 Å². The number of fused-ring (bicyclic) bond motifs is 1. The largest absolute Gasteiger partial charge is 0.486 e. The van der Waals surface area contributed by atoms with Crippen LogP contribution >= 0.6 is 0 Å². The van der Waals surface area contributed by atoms with Crippen LogP contribution in [0, 0.1) is 0 Å². The molecule has 20 heavy (non-hydrogen) atoms. The van der Waals surface area contributed by atoms with Gasteiger partial charge in [0.15, 0.2) is 11.5 Å². The minimum Gasteiger partial charge on any atom is -0.486 e. The third kappa shape index (κ3) is 3.62. The van der Waals surface area contributed by atoms with Gasteiger partial charge < -0.3 is 25.6 Å². The predicted molar refractivity (Wildman–Crippen MR) is 78.1 cm³/mol. The van der Waals surface area contributed by atoms with Crippen LogP contribution in [0.5, 0.6) is 11.5 Å². The molecule has 0 fully saturated rings. The van der Waals surface area contributed by atoms with Crippen molar-refractivity contribution < 1.29 is 14.6 Å². The Labute approximate surface area is 120 Å². The maximum atomic E-state index is 9.07. The highest BCUT2D eigenvalue weighted by Gasteiger charge is 2.18. The van der Waals surface area contributed by atoms with Crippen LogP contribution in [-0.4, -0.2) is 37.5 Å². The van der Waals surface area contributed by atoms with Crippen LogP contribution in [0.4, 0.5) is 0 Å². The molecule has 1 aromatic rings. The zero-order valence-electron chi connectivity index (χ0n) is 12.0. The highest BCUT2D eigenvalue weighted by molar-refractivity contribution is 5.44. The molecule has 2 unspecified atom stereocenters. The lowest BCUT2D eigenvalue weighted by atomic mass is 10.0. The van der Waals surface area contributed by atoms with Gasteiger partial charge in [-0.2, -0.15) is 0 Å². The summed E-state index contributed by atoms with van der Waals surface area (Å²) in [5.41, 5.74) is 6.97. The second-order valence-corrected chi connectivity index (χ2v) is 4.98. The van der Waals surface area contributed by atoms with Crippen molar-refractivity contribution in [3.63, 3.8) is 0 Å². The van der Waals surface area contributed by atoms with Crippen molar-refractivity contribution in [2.75, 3.05) is 26.4 Å². The van der Waals surface area contributed by atoms with E-state index in [0.29, 0.717) is 19.8 Å². The van der Waals surface area contributed by atoms with Crippen LogP contribution < -0.4 is 20.5 Å². The molecule has 1 heterocycles. The van der Waals surface area contributed by atoms with Gasteiger partial charge >= 0.3 is 0 Å². The van der Waals surface area contributed by atoms with Crippen LogP contribution in [0.1, 0.15) is 31.4 Å². The van der Waals surface area contributed by atoms with Crippen LogP contribution in [-0.2, 0) is 0 Å². The highest BCUT2D eigenvalue weighted by atomic mass is 16.6. The lowest BCUT2D eigenvalue weighted by molar-refractivity contribution is 0.171. The van der Waals surface area contributed by atoms with E-state index in [1.165, 1.54) is 0 Å². The van der Waals surface area contributed by atoms with Crippen molar-refractivity contribution in [3.05, 3.63) is 23.8 Å². The number of benzene rings is 1. The summed E-state index contributed by atoms with van der Waals surface area (Å²) in [6.07, 6.45) is 1.69. The molecule has 2 atom stereocenters. The molecule has 2 rings (SSSR count). The number of hydrogen-bond acceptors (Lipinski definition) is 5. The first kappa shape index (κ1) is 15.1. The highest BCUT2D eigenvalue weighted by Crippen LogP contribution is 2.32. The van der Waals surface area contributed by atoms with E-state index >= 15 is 0 Å². The predicted octanol–water partition coefficient (Wildman–Crippen LogP) is 1.21. The summed E-state index contributed by atoms with van der Waals surface area (Å²) in [6, 6.07) is 6.26. The van der Waals surface area contributed by atoms with Gasteiger partial charge in [-0.05, 0) is 30.5 Å². The van der Waals surface area contributed by atoms with E-state index < -0.39 is 0 Å². The topological polar surface area (TPSA) is 76.7 Å². The Balaban J connectivity index is 2.10. The van der Waals surface area contributed by atoms with Crippen molar-refractivity contribution >= 4 is 0 Å². The molecule has 1 aliphatic heterocycles. The van der Waals surface area contributed by atoms with Crippen molar-refractivity contribution in [3.8, 4) is 11.5 Å². The van der Waals surface area contributed by atoms with E-state index in [1.54, 1.807) is 0 Å². The molecule has 0 aromatic heterocycles. The molecular formula is C15H24N2O3. The summed E-state index contributed by atoms with van der Waals surface area (Å²) in [4.78, 5) is 0. The number of nitrogens with two attached hydrogens (primary N) is 1. The lowest BCUT2D eigenvalue weighted by Gasteiger charge is -2.25. The maximum Gasteiger partial charge on any atom is 0.161 e. The Morgan fingerprint density at radius 1 is 1.30 bits per heavy atom. The summed E-state index contributed by atoms with van der Waals surface area (Å²) in [6.45, 7) is 3.97. The van der Waals surface area contributed by atoms with E-state index in [-0.39, 0.29) is 18.7 Å². The average Bonchev–Trinajstić information content (AvgIpc) is 2.51. The fourth-order valence-corrected chi connectivity index (χ4v) is 2.42. The van der Waals surface area contributed by atoms with Crippen molar-refractivity contribution in [2.24, 2.45) is 5.73 Å². The smallest absolute Gasteiger partial charge is 0.161 e. The number of nitrogens with one attached hydrogen (secondary N) is 1. The monoisotopic (exact) mass is 280 g/mol. The Bertz CT molecular complexity index is 426. The zero-order chi connectivity index (χ0) is 14.4. The zero-order valence-corrected chi connectivity index (χ0v) is 12.0. The Kier molecular flexibility index (Phi) is 5.64. The molecule has 1 aromatic carbocycles. The van der Waals surface area contributed by atoms with Crippen LogP contribution in [0.3, 0.4) is 0 Å². The third-order valence-electron chi connectivity index (χ3n) is 3.61. The molecule has 1 aliphatic rings. The van der Waals surface area contributed by atoms with Crippen molar-refractivity contribution in [1.82, 2.24) is 5.32 Å². The van der Waals surface area contributed by atoms with Gasteiger partial charge in [-0.25, -0.2) is 0 Å². The van der Waals surface area contributed by atoms with Gasteiger partial charge in [0, 0.05) is 25.2 Å². The van der Waals surface area contributed by atoms with Crippen LogP contribution in [0.15, 0.2) is 18.2 Å². The van der Waals surface area contributed by atoms with Gasteiger partial charge in [0.1, 0.15) is 13.2 Å². The molecule has 0 bridgehead atoms. The fourth-order valence-electron chi connectivity index (χ4n) is 2.42. The number of aliphatic hydroxyl groups excluding tert-OH is 1. The quantitative estimate of drug-likeness (QED) is 0.700. The summed E-state index contributed by atoms with van der Waals surface area (Å²) in [7, 11) is 0. The Morgan fingerprint density at radius 3 is 2.70 bits per heavy atom. The van der Waals surface area contributed by atoms with E-state index in [2.05, 4.69) is 12.2 Å². The minimum absolute atomic E-state index is 0.0577. The van der Waals surface area contributed by atoms with Gasteiger partial charge in [-0.1, -0.05) is 13.0 Å². The average molecular weight is 280 g/mol. The van der Waals surface area contributed by atoms with E-state index in [9.17, 15) is 0 Å². The lowest BCUT2D eigenvalue weighted by Crippen LogP contribution is -2.37. The molecule has 0 spiro atoms. The van der Waals surface area contributed by atoms with Crippen molar-refractivity contribution in [1.29, 1.82) is 0 Å². The van der Waals surface area contributed by atoms with Gasteiger partial charge in [0.05, 0.1) is 0 Å². The minimum atomic E-state index is 0.0577. The molecule has 0 amide bonds. The van der Waals surface area contributed by atoms with E-state index in [0.717, 1.165) is 29.9 Å². The number of rotatable bonds is 7. The van der Waals surface area contributed by atoms with Crippen LogP contribution in [0.2, 0.25) is 0 Å². The molecule has 4 N–H and O–H groups in total. The van der Waals surface area contributed by atoms with Gasteiger partial charge in [0.25, 0.3) is 0 Å². The first-order valence-corrected chi connectivity index (χ1v) is 7.25. The second-order valence-electron chi connectivity index (χ2n) is 4.98. The van der Waals surface area contributed by atoms with Crippen molar-refractivity contribution in [2.45, 2.75) is 31.8 Å². The summed E-state index contributed by atoms with van der Waals surface area (Å²) < 4.78 is 11.1. The maximum absolute atomic E-state index is 9.07. The normalized spacial score (nSPS) is 16.8. The third-order valence-corrected chi connectivity index (χ3v) is 3.61. The van der Waals surface area contributed by atoms with Crippen LogP contribution in [0.25, 0.3) is 0 Å². The van der Waals surface area contributed by atoms with Gasteiger partial charge in [-0.15, -0.1) is 0 Å². The SMILES string of the molecule is CCC(CCO)NC(CN)c1ccc2c(c1)OCCO2. The van der Waals surface area contributed by atoms with Gasteiger partial charge in [-0.3, -0.25) is 0 Å². The fraction of sp³-hybridized carbons (Fsp3) is 0.600. The summed E-state index contributed by atoms with van der Waals surface area (Å²) in [5, 5.41) is 12.6. The molecule has 5 nitrogen and oxygen atoms in total. The standard InChI is InChI=1S/C15H24N2O3/c1-2-12(5-6-18)17-13(10-16)11-3-4-14-15(9-11)20-8-7-19-14/h3-4,9,12-13,17-18H,2,5-8,10,16H2,1H3. The summed E-state index contributed by atoms with van der Waals surface area (Å²) in [5.74, 6) is 1.57. The molecular weight excluding hydrogens is 256 g/mol. The first-order chi connectivity index (χ1) is 9.78. The Hall–Kier alpha value is -1.30. The molecule has 112 valence electrons. The summed E-state index contributed by atoms with van der Waals surface area (Å²) >= 11 is 0. The Morgan fingerprint density at radius 2 is 2.05 bits per heavy atom. The number of hydrogen-bond donors (Lipinski definition) is 3. The number of ether oxygens (including phenoxy) is 2. The molecule has 5 heteroatoms.